The second-order valence-corrected chi connectivity index (χ2v) is 3.07. The average molecular weight is 285 g/mol. The first-order valence-electron chi connectivity index (χ1n) is 3.59. The standard InChI is InChI=1S/C7H4BrF3N2O2/c8-2-3-1-4(5(14)15)13-6(12-3)7(9,10)11/h1H,2H2,(H,14,15). The van der Waals surface area contributed by atoms with Gasteiger partial charge in [-0.1, -0.05) is 15.9 Å². The van der Waals surface area contributed by atoms with Crippen molar-refractivity contribution in [3.8, 4) is 0 Å². The van der Waals surface area contributed by atoms with Crippen molar-refractivity contribution in [1.82, 2.24) is 9.97 Å². The summed E-state index contributed by atoms with van der Waals surface area (Å²) >= 11 is 2.89. The first kappa shape index (κ1) is 11.9. The third-order valence-corrected chi connectivity index (χ3v) is 1.96. The van der Waals surface area contributed by atoms with Crippen LogP contribution in [0.25, 0.3) is 0 Å². The molecule has 8 heteroatoms. The number of aromatic carboxylic acids is 1. The van der Waals surface area contributed by atoms with Gasteiger partial charge in [0.05, 0.1) is 5.69 Å². The van der Waals surface area contributed by atoms with Crippen molar-refractivity contribution in [2.24, 2.45) is 0 Å². The van der Waals surface area contributed by atoms with Gasteiger partial charge in [-0.25, -0.2) is 14.8 Å². The van der Waals surface area contributed by atoms with Crippen LogP contribution in [0.15, 0.2) is 6.07 Å². The van der Waals surface area contributed by atoms with Crippen LogP contribution in [0, 0.1) is 0 Å². The van der Waals surface area contributed by atoms with Crippen LogP contribution in [-0.2, 0) is 11.5 Å². The SMILES string of the molecule is O=C(O)c1cc(CBr)nc(C(F)(F)F)n1. The third-order valence-electron chi connectivity index (χ3n) is 1.39. The van der Waals surface area contributed by atoms with Gasteiger partial charge in [-0.2, -0.15) is 13.2 Å². The van der Waals surface area contributed by atoms with E-state index < -0.39 is 23.7 Å². The Hall–Kier alpha value is -1.18. The Labute approximate surface area is 90.3 Å². The molecule has 0 spiro atoms. The zero-order chi connectivity index (χ0) is 11.6. The Kier molecular flexibility index (Phi) is 3.28. The maximum absolute atomic E-state index is 12.2. The van der Waals surface area contributed by atoms with E-state index >= 15 is 0 Å². The molecule has 1 aromatic rings. The first-order valence-corrected chi connectivity index (χ1v) is 4.71. The summed E-state index contributed by atoms with van der Waals surface area (Å²) in [7, 11) is 0. The van der Waals surface area contributed by atoms with Gasteiger partial charge in [0, 0.05) is 5.33 Å². The van der Waals surface area contributed by atoms with Gasteiger partial charge in [-0.3, -0.25) is 0 Å². The van der Waals surface area contributed by atoms with Crippen LogP contribution in [0.5, 0.6) is 0 Å². The van der Waals surface area contributed by atoms with Gasteiger partial charge in [-0.05, 0) is 6.07 Å². The monoisotopic (exact) mass is 284 g/mol. The summed E-state index contributed by atoms with van der Waals surface area (Å²) in [6.07, 6.45) is -4.75. The molecule has 0 radical (unpaired) electrons. The lowest BCUT2D eigenvalue weighted by molar-refractivity contribution is -0.145. The predicted molar refractivity (Wildman–Crippen MR) is 46.6 cm³/mol. The lowest BCUT2D eigenvalue weighted by Gasteiger charge is -2.06. The van der Waals surface area contributed by atoms with Crippen molar-refractivity contribution < 1.29 is 23.1 Å². The quantitative estimate of drug-likeness (QED) is 0.845. The minimum absolute atomic E-state index is 0.0267. The summed E-state index contributed by atoms with van der Waals surface area (Å²) in [5.74, 6) is -2.97. The smallest absolute Gasteiger partial charge is 0.451 e. The molecule has 1 N–H and O–H groups in total. The summed E-state index contributed by atoms with van der Waals surface area (Å²) in [6.45, 7) is 0. The number of nitrogens with zero attached hydrogens (tertiary/aromatic N) is 2. The van der Waals surface area contributed by atoms with Crippen molar-refractivity contribution in [2.75, 3.05) is 0 Å². The largest absolute Gasteiger partial charge is 0.477 e. The molecule has 0 fully saturated rings. The molecule has 0 saturated heterocycles. The zero-order valence-electron chi connectivity index (χ0n) is 7.05. The molecule has 1 heterocycles. The molecule has 0 aliphatic heterocycles. The van der Waals surface area contributed by atoms with E-state index in [4.69, 9.17) is 5.11 Å². The molecule has 0 unspecified atom stereocenters. The maximum atomic E-state index is 12.2. The van der Waals surface area contributed by atoms with Crippen molar-refractivity contribution >= 4 is 21.9 Å². The molecule has 15 heavy (non-hydrogen) atoms. The van der Waals surface area contributed by atoms with E-state index in [1.165, 1.54) is 0 Å². The Morgan fingerprint density at radius 3 is 2.47 bits per heavy atom. The van der Waals surface area contributed by atoms with Gasteiger partial charge >= 0.3 is 12.1 Å². The number of carboxylic acid groups (broad SMARTS) is 1. The van der Waals surface area contributed by atoms with Gasteiger partial charge in [0.2, 0.25) is 5.82 Å². The number of halogens is 4. The van der Waals surface area contributed by atoms with E-state index in [9.17, 15) is 18.0 Å². The number of aromatic nitrogens is 2. The van der Waals surface area contributed by atoms with Gasteiger partial charge in [0.15, 0.2) is 5.69 Å². The van der Waals surface area contributed by atoms with E-state index in [1.807, 2.05) is 0 Å². The first-order chi connectivity index (χ1) is 6.84. The normalized spacial score (nSPS) is 11.5. The molecule has 0 aliphatic carbocycles. The third kappa shape index (κ3) is 2.88. The van der Waals surface area contributed by atoms with Crippen molar-refractivity contribution in [3.63, 3.8) is 0 Å². The Bertz CT molecular complexity index is 394. The van der Waals surface area contributed by atoms with Gasteiger partial charge < -0.3 is 5.11 Å². The molecule has 82 valence electrons. The molecule has 1 rings (SSSR count). The lowest BCUT2D eigenvalue weighted by Crippen LogP contribution is -2.15. The fourth-order valence-corrected chi connectivity index (χ4v) is 1.09. The Morgan fingerprint density at radius 1 is 1.47 bits per heavy atom. The lowest BCUT2D eigenvalue weighted by atomic mass is 10.3. The highest BCUT2D eigenvalue weighted by Crippen LogP contribution is 2.26. The molecule has 0 aliphatic rings. The molecular formula is C7H4BrF3N2O2. The second-order valence-electron chi connectivity index (χ2n) is 2.50. The highest BCUT2D eigenvalue weighted by Gasteiger charge is 2.35. The predicted octanol–water partition coefficient (Wildman–Crippen LogP) is 2.09. The van der Waals surface area contributed by atoms with E-state index in [0.717, 1.165) is 6.07 Å². The Balaban J connectivity index is 3.30. The molecule has 0 bridgehead atoms. The fraction of sp³-hybridized carbons (Fsp3) is 0.286. The number of carboxylic acids is 1. The average Bonchev–Trinajstić information content (AvgIpc) is 2.15. The summed E-state index contributed by atoms with van der Waals surface area (Å²) in [5.41, 5.74) is -0.707. The van der Waals surface area contributed by atoms with Crippen LogP contribution in [-0.4, -0.2) is 21.0 Å². The van der Waals surface area contributed by atoms with E-state index in [0.29, 0.717) is 0 Å². The maximum Gasteiger partial charge on any atom is 0.451 e. The van der Waals surface area contributed by atoms with Crippen LogP contribution in [0.1, 0.15) is 22.0 Å². The van der Waals surface area contributed by atoms with E-state index in [2.05, 4.69) is 25.9 Å². The molecule has 0 atom stereocenters. The minimum Gasteiger partial charge on any atom is -0.477 e. The van der Waals surface area contributed by atoms with E-state index in [-0.39, 0.29) is 11.0 Å². The van der Waals surface area contributed by atoms with Crippen molar-refractivity contribution in [2.45, 2.75) is 11.5 Å². The number of alkyl halides is 4. The number of rotatable bonds is 2. The van der Waals surface area contributed by atoms with Gasteiger partial charge in [-0.15, -0.1) is 0 Å². The summed E-state index contributed by atoms with van der Waals surface area (Å²) in [6, 6.07) is 0.978. The van der Waals surface area contributed by atoms with Gasteiger partial charge in [0.1, 0.15) is 0 Å². The molecular weight excluding hydrogens is 281 g/mol. The van der Waals surface area contributed by atoms with Crippen molar-refractivity contribution in [3.05, 3.63) is 23.3 Å². The zero-order valence-corrected chi connectivity index (χ0v) is 8.63. The fourth-order valence-electron chi connectivity index (χ4n) is 0.802. The Morgan fingerprint density at radius 2 is 2.07 bits per heavy atom. The molecule has 0 aromatic carbocycles. The van der Waals surface area contributed by atoms with E-state index in [1.54, 1.807) is 0 Å². The van der Waals surface area contributed by atoms with Crippen molar-refractivity contribution in [1.29, 1.82) is 0 Å². The van der Waals surface area contributed by atoms with Crippen LogP contribution in [0.4, 0.5) is 13.2 Å². The van der Waals surface area contributed by atoms with Gasteiger partial charge in [0.25, 0.3) is 0 Å². The second kappa shape index (κ2) is 4.13. The summed E-state index contributed by atoms with van der Waals surface area (Å²) in [5, 5.41) is 8.55. The highest BCUT2D eigenvalue weighted by atomic mass is 79.9. The topological polar surface area (TPSA) is 63.1 Å². The van der Waals surface area contributed by atoms with Crippen LogP contribution in [0.3, 0.4) is 0 Å². The minimum atomic E-state index is -4.75. The van der Waals surface area contributed by atoms with Crippen LogP contribution < -0.4 is 0 Å². The molecule has 0 saturated carbocycles. The molecule has 0 amide bonds. The summed E-state index contributed by atoms with van der Waals surface area (Å²) in [4.78, 5) is 16.5. The number of hydrogen-bond acceptors (Lipinski definition) is 3. The highest BCUT2D eigenvalue weighted by molar-refractivity contribution is 9.08. The summed E-state index contributed by atoms with van der Waals surface area (Å²) < 4.78 is 36.6. The molecule has 1 aromatic heterocycles. The number of carbonyl (C=O) groups is 1. The molecule has 4 nitrogen and oxygen atoms in total. The van der Waals surface area contributed by atoms with Crippen LogP contribution >= 0.6 is 15.9 Å². The van der Waals surface area contributed by atoms with Crippen LogP contribution in [0.2, 0.25) is 0 Å². The number of hydrogen-bond donors (Lipinski definition) is 1.